The molecule has 6 heteroatoms. The number of carbonyl (C=O) groups excluding carboxylic acids is 1. The van der Waals surface area contributed by atoms with Crippen molar-refractivity contribution in [3.8, 4) is 0 Å². The summed E-state index contributed by atoms with van der Waals surface area (Å²) in [6.07, 6.45) is 2.60. The lowest BCUT2D eigenvalue weighted by atomic mass is 10.1. The first-order valence-electron chi connectivity index (χ1n) is 7.91. The Bertz CT molecular complexity index is 1090. The molecule has 4 rings (SSSR count). The Morgan fingerprint density at radius 2 is 1.88 bits per heavy atom. The van der Waals surface area contributed by atoms with E-state index in [9.17, 15) is 4.79 Å². The summed E-state index contributed by atoms with van der Waals surface area (Å²) in [6.45, 7) is 0.747. The molecule has 4 aromatic rings. The number of hydrogen-bond donors (Lipinski definition) is 1. The fraction of sp³-hybridized carbons (Fsp3) is 0.105. The van der Waals surface area contributed by atoms with Gasteiger partial charge in [-0.2, -0.15) is 0 Å². The third-order valence-electron chi connectivity index (χ3n) is 4.29. The van der Waals surface area contributed by atoms with E-state index in [1.165, 1.54) is 0 Å². The number of amides is 1. The number of aryl methyl sites for hydroxylation is 2. The van der Waals surface area contributed by atoms with E-state index < -0.39 is 5.91 Å². The minimum Gasteiger partial charge on any atom is -0.366 e. The average Bonchev–Trinajstić information content (AvgIpc) is 3.05. The van der Waals surface area contributed by atoms with Gasteiger partial charge in [-0.25, -0.2) is 9.97 Å². The number of nitrogens with zero attached hydrogens (tertiary/aromatic N) is 3. The molecule has 0 bridgehead atoms. The fourth-order valence-corrected chi connectivity index (χ4v) is 3.23. The van der Waals surface area contributed by atoms with Gasteiger partial charge in [0.1, 0.15) is 5.52 Å². The molecule has 124 valence electrons. The molecule has 0 saturated carbocycles. The summed E-state index contributed by atoms with van der Waals surface area (Å²) in [7, 11) is 0. The van der Waals surface area contributed by atoms with Gasteiger partial charge in [0.05, 0.1) is 17.4 Å². The highest BCUT2D eigenvalue weighted by molar-refractivity contribution is 6.35. The maximum absolute atomic E-state index is 11.2. The lowest BCUT2D eigenvalue weighted by molar-refractivity contribution is 0.100. The van der Waals surface area contributed by atoms with E-state index in [1.807, 2.05) is 36.4 Å². The van der Waals surface area contributed by atoms with E-state index in [1.54, 1.807) is 18.5 Å². The predicted molar refractivity (Wildman–Crippen MR) is 98.7 cm³/mol. The van der Waals surface area contributed by atoms with Crippen LogP contribution >= 0.6 is 11.6 Å². The van der Waals surface area contributed by atoms with Gasteiger partial charge in [-0.05, 0) is 30.2 Å². The number of carbonyl (C=O) groups is 1. The van der Waals surface area contributed by atoms with Crippen molar-refractivity contribution in [1.82, 2.24) is 14.5 Å². The summed E-state index contributed by atoms with van der Waals surface area (Å²) in [5.41, 5.74) is 9.47. The second-order valence-electron chi connectivity index (χ2n) is 5.87. The Morgan fingerprint density at radius 1 is 1.12 bits per heavy atom. The molecule has 0 radical (unpaired) electrons. The Labute approximate surface area is 149 Å². The number of rotatable bonds is 4. The van der Waals surface area contributed by atoms with Crippen LogP contribution in [0.4, 0.5) is 0 Å². The molecule has 25 heavy (non-hydrogen) atoms. The number of para-hydroxylation sites is 1. The van der Waals surface area contributed by atoms with E-state index in [-0.39, 0.29) is 0 Å². The number of benzene rings is 2. The van der Waals surface area contributed by atoms with Gasteiger partial charge >= 0.3 is 0 Å². The predicted octanol–water partition coefficient (Wildman–Crippen LogP) is 3.58. The summed E-state index contributed by atoms with van der Waals surface area (Å²) in [5, 5.41) is 1.45. The van der Waals surface area contributed by atoms with E-state index in [4.69, 9.17) is 17.3 Å². The SMILES string of the molecule is NC(=O)c1ccc(CCn2cnc3c(Cl)nc4ccccc4c32)cc1. The van der Waals surface area contributed by atoms with Crippen molar-refractivity contribution in [2.75, 3.05) is 0 Å². The number of pyridine rings is 1. The minimum atomic E-state index is -0.416. The van der Waals surface area contributed by atoms with Crippen LogP contribution in [0.15, 0.2) is 54.9 Å². The van der Waals surface area contributed by atoms with Crippen LogP contribution in [0, 0.1) is 0 Å². The van der Waals surface area contributed by atoms with Gasteiger partial charge in [0, 0.05) is 17.5 Å². The second kappa shape index (κ2) is 6.18. The monoisotopic (exact) mass is 350 g/mol. The first-order valence-corrected chi connectivity index (χ1v) is 8.29. The van der Waals surface area contributed by atoms with E-state index in [0.29, 0.717) is 16.2 Å². The van der Waals surface area contributed by atoms with Gasteiger partial charge in [0.25, 0.3) is 0 Å². The maximum atomic E-state index is 11.2. The number of imidazole rings is 1. The molecule has 0 aliphatic heterocycles. The average molecular weight is 351 g/mol. The highest BCUT2D eigenvalue weighted by Crippen LogP contribution is 2.28. The zero-order chi connectivity index (χ0) is 17.4. The molecule has 0 spiro atoms. The zero-order valence-corrected chi connectivity index (χ0v) is 14.1. The van der Waals surface area contributed by atoms with Crippen molar-refractivity contribution in [3.05, 3.63) is 71.1 Å². The Kier molecular flexibility index (Phi) is 3.86. The molecule has 0 atom stereocenters. The van der Waals surface area contributed by atoms with Crippen molar-refractivity contribution in [2.24, 2.45) is 5.73 Å². The molecule has 2 heterocycles. The number of fused-ring (bicyclic) bond motifs is 3. The van der Waals surface area contributed by atoms with Crippen LogP contribution < -0.4 is 5.73 Å². The quantitative estimate of drug-likeness (QED) is 0.572. The third kappa shape index (κ3) is 2.83. The zero-order valence-electron chi connectivity index (χ0n) is 13.3. The Balaban J connectivity index is 1.69. The highest BCUT2D eigenvalue weighted by Gasteiger charge is 2.12. The van der Waals surface area contributed by atoms with Crippen LogP contribution in [-0.2, 0) is 13.0 Å². The van der Waals surface area contributed by atoms with Gasteiger partial charge in [0.15, 0.2) is 5.15 Å². The summed E-state index contributed by atoms with van der Waals surface area (Å²) in [4.78, 5) is 20.0. The standard InChI is InChI=1S/C19H15ClN4O/c20-18-16-17(14-3-1-2-4-15(14)23-18)24(11-22-16)10-9-12-5-7-13(8-6-12)19(21)25/h1-8,11H,9-10H2,(H2,21,25). The molecule has 2 N–H and O–H groups in total. The van der Waals surface area contributed by atoms with E-state index >= 15 is 0 Å². The minimum absolute atomic E-state index is 0.415. The second-order valence-corrected chi connectivity index (χ2v) is 6.22. The fourth-order valence-electron chi connectivity index (χ4n) is 3.00. The highest BCUT2D eigenvalue weighted by atomic mass is 35.5. The molecule has 5 nitrogen and oxygen atoms in total. The molecule has 0 saturated heterocycles. The molecular weight excluding hydrogens is 336 g/mol. The van der Waals surface area contributed by atoms with Crippen LogP contribution in [-0.4, -0.2) is 20.4 Å². The smallest absolute Gasteiger partial charge is 0.248 e. The van der Waals surface area contributed by atoms with E-state index in [2.05, 4.69) is 14.5 Å². The summed E-state index contributed by atoms with van der Waals surface area (Å²) < 4.78 is 2.09. The van der Waals surface area contributed by atoms with Crippen molar-refractivity contribution in [1.29, 1.82) is 0 Å². The van der Waals surface area contributed by atoms with Gasteiger partial charge in [-0.3, -0.25) is 4.79 Å². The third-order valence-corrected chi connectivity index (χ3v) is 4.55. The van der Waals surface area contributed by atoms with Gasteiger partial charge < -0.3 is 10.3 Å². The van der Waals surface area contributed by atoms with Crippen LogP contribution in [0.25, 0.3) is 21.9 Å². The number of aromatic nitrogens is 3. The topological polar surface area (TPSA) is 73.8 Å². The first kappa shape index (κ1) is 15.6. The molecule has 2 aromatic carbocycles. The molecular formula is C19H15ClN4O. The van der Waals surface area contributed by atoms with E-state index in [0.717, 1.165) is 34.9 Å². The number of halogens is 1. The van der Waals surface area contributed by atoms with Gasteiger partial charge in [-0.1, -0.05) is 41.9 Å². The molecule has 0 aliphatic carbocycles. The maximum Gasteiger partial charge on any atom is 0.248 e. The number of primary amides is 1. The summed E-state index contributed by atoms with van der Waals surface area (Å²) >= 11 is 6.28. The molecule has 1 amide bonds. The lowest BCUT2D eigenvalue weighted by Gasteiger charge is -2.08. The van der Waals surface area contributed by atoms with Crippen molar-refractivity contribution in [3.63, 3.8) is 0 Å². The largest absolute Gasteiger partial charge is 0.366 e. The molecule has 0 unspecified atom stereocenters. The van der Waals surface area contributed by atoms with Crippen LogP contribution in [0.3, 0.4) is 0 Å². The van der Waals surface area contributed by atoms with Crippen LogP contribution in [0.2, 0.25) is 5.15 Å². The molecule has 0 fully saturated rings. The normalized spacial score (nSPS) is 11.2. The van der Waals surface area contributed by atoms with Crippen LogP contribution in [0.1, 0.15) is 15.9 Å². The summed E-state index contributed by atoms with van der Waals surface area (Å²) in [6, 6.07) is 15.2. The van der Waals surface area contributed by atoms with Gasteiger partial charge in [-0.15, -0.1) is 0 Å². The van der Waals surface area contributed by atoms with Gasteiger partial charge in [0.2, 0.25) is 5.91 Å². The number of nitrogens with two attached hydrogens (primary N) is 1. The van der Waals surface area contributed by atoms with Crippen molar-refractivity contribution >= 4 is 39.4 Å². The summed E-state index contributed by atoms with van der Waals surface area (Å²) in [5.74, 6) is -0.416. The Morgan fingerprint density at radius 3 is 2.64 bits per heavy atom. The van der Waals surface area contributed by atoms with Crippen molar-refractivity contribution < 1.29 is 4.79 Å². The van der Waals surface area contributed by atoms with Crippen LogP contribution in [0.5, 0.6) is 0 Å². The first-order chi connectivity index (χ1) is 12.1. The Hall–Kier alpha value is -2.92. The molecule has 2 aromatic heterocycles. The molecule has 0 aliphatic rings. The lowest BCUT2D eigenvalue weighted by Crippen LogP contribution is -2.10. The van der Waals surface area contributed by atoms with Crippen molar-refractivity contribution in [2.45, 2.75) is 13.0 Å². The number of hydrogen-bond acceptors (Lipinski definition) is 3.